The first-order valence-corrected chi connectivity index (χ1v) is 8.44. The van der Waals surface area contributed by atoms with Crippen molar-refractivity contribution in [2.45, 2.75) is 25.7 Å². The molecule has 0 aromatic heterocycles. The Balaban J connectivity index is 1.82. The van der Waals surface area contributed by atoms with E-state index in [1.165, 1.54) is 0 Å². The molecular formula is C16H22BrN3O2. The fraction of sp³-hybridized carbons (Fsp3) is 0.500. The average molecular weight is 368 g/mol. The van der Waals surface area contributed by atoms with Crippen molar-refractivity contribution < 1.29 is 9.59 Å². The lowest BCUT2D eigenvalue weighted by molar-refractivity contribution is -0.134. The van der Waals surface area contributed by atoms with Crippen molar-refractivity contribution in [1.29, 1.82) is 0 Å². The predicted octanol–water partition coefficient (Wildman–Crippen LogP) is 2.37. The molecule has 1 aromatic rings. The van der Waals surface area contributed by atoms with Crippen LogP contribution in [0.1, 0.15) is 25.7 Å². The molecule has 3 N–H and O–H groups in total. The summed E-state index contributed by atoms with van der Waals surface area (Å²) in [6, 6.07) is 7.56. The van der Waals surface area contributed by atoms with Gasteiger partial charge in [0.2, 0.25) is 11.8 Å². The highest BCUT2D eigenvalue weighted by molar-refractivity contribution is 9.10. The largest absolute Gasteiger partial charge is 0.343 e. The number of likely N-dealkylation sites (tertiary alicyclic amines) is 1. The van der Waals surface area contributed by atoms with Crippen LogP contribution in [0.3, 0.4) is 0 Å². The molecule has 22 heavy (non-hydrogen) atoms. The van der Waals surface area contributed by atoms with Crippen LogP contribution >= 0.6 is 15.9 Å². The molecule has 0 spiro atoms. The summed E-state index contributed by atoms with van der Waals surface area (Å²) in [4.78, 5) is 26.1. The minimum absolute atomic E-state index is 0.0287. The van der Waals surface area contributed by atoms with Crippen molar-refractivity contribution >= 4 is 33.4 Å². The molecule has 1 fully saturated rings. The molecule has 0 unspecified atom stereocenters. The minimum atomic E-state index is -0.0364. The van der Waals surface area contributed by atoms with Gasteiger partial charge in [-0.3, -0.25) is 9.59 Å². The van der Waals surface area contributed by atoms with Gasteiger partial charge in [0.1, 0.15) is 0 Å². The summed E-state index contributed by atoms with van der Waals surface area (Å²) >= 11 is 3.42. The van der Waals surface area contributed by atoms with Gasteiger partial charge in [-0.05, 0) is 53.9 Å². The smallest absolute Gasteiger partial charge is 0.227 e. The van der Waals surface area contributed by atoms with Gasteiger partial charge in [-0.25, -0.2) is 0 Å². The number of nitrogens with two attached hydrogens (primary N) is 1. The monoisotopic (exact) mass is 367 g/mol. The number of benzene rings is 1. The first-order valence-electron chi connectivity index (χ1n) is 7.65. The molecule has 2 amide bonds. The van der Waals surface area contributed by atoms with Gasteiger partial charge in [0.15, 0.2) is 0 Å². The highest BCUT2D eigenvalue weighted by Crippen LogP contribution is 2.24. The third kappa shape index (κ3) is 4.55. The molecule has 5 nitrogen and oxygen atoms in total. The molecule has 0 saturated carbocycles. The van der Waals surface area contributed by atoms with Crippen LogP contribution in [0.2, 0.25) is 0 Å². The maximum absolute atomic E-state index is 12.3. The second-order valence-electron chi connectivity index (χ2n) is 5.52. The topological polar surface area (TPSA) is 75.4 Å². The van der Waals surface area contributed by atoms with Gasteiger partial charge in [0, 0.05) is 29.9 Å². The van der Waals surface area contributed by atoms with Crippen LogP contribution in [0.4, 0.5) is 5.69 Å². The molecule has 1 heterocycles. The zero-order chi connectivity index (χ0) is 15.9. The van der Waals surface area contributed by atoms with Crippen LogP contribution in [0.5, 0.6) is 0 Å². The third-order valence-corrected chi connectivity index (χ3v) is 4.64. The van der Waals surface area contributed by atoms with Gasteiger partial charge >= 0.3 is 0 Å². The van der Waals surface area contributed by atoms with Gasteiger partial charge in [-0.15, -0.1) is 0 Å². The number of hydrogen-bond donors (Lipinski definition) is 2. The van der Waals surface area contributed by atoms with Crippen LogP contribution in [-0.2, 0) is 9.59 Å². The lowest BCUT2D eigenvalue weighted by atomic mass is 9.95. The van der Waals surface area contributed by atoms with Crippen molar-refractivity contribution in [3.63, 3.8) is 0 Å². The number of piperidine rings is 1. The van der Waals surface area contributed by atoms with E-state index >= 15 is 0 Å². The molecule has 0 atom stereocenters. The van der Waals surface area contributed by atoms with Gasteiger partial charge in [-0.2, -0.15) is 0 Å². The van der Waals surface area contributed by atoms with E-state index in [0.717, 1.165) is 16.6 Å². The summed E-state index contributed by atoms with van der Waals surface area (Å²) in [5.41, 5.74) is 6.21. The summed E-state index contributed by atoms with van der Waals surface area (Å²) in [5, 5.41) is 2.95. The normalized spacial score (nSPS) is 15.6. The highest BCUT2D eigenvalue weighted by atomic mass is 79.9. The number of hydrogen-bond acceptors (Lipinski definition) is 3. The van der Waals surface area contributed by atoms with Crippen LogP contribution in [0, 0.1) is 5.92 Å². The number of amides is 2. The van der Waals surface area contributed by atoms with E-state index in [-0.39, 0.29) is 17.7 Å². The second-order valence-corrected chi connectivity index (χ2v) is 6.37. The van der Waals surface area contributed by atoms with Crippen molar-refractivity contribution in [1.82, 2.24) is 4.90 Å². The Bertz CT molecular complexity index is 528. The number of rotatable bonds is 5. The Morgan fingerprint density at radius 1 is 1.27 bits per heavy atom. The zero-order valence-corrected chi connectivity index (χ0v) is 14.1. The van der Waals surface area contributed by atoms with Crippen LogP contribution < -0.4 is 11.1 Å². The quantitative estimate of drug-likeness (QED) is 0.838. The van der Waals surface area contributed by atoms with Crippen molar-refractivity contribution in [2.75, 3.05) is 25.0 Å². The maximum atomic E-state index is 12.3. The molecule has 2 rings (SSSR count). The van der Waals surface area contributed by atoms with E-state index in [1.54, 1.807) is 0 Å². The van der Waals surface area contributed by atoms with E-state index in [1.807, 2.05) is 29.2 Å². The van der Waals surface area contributed by atoms with E-state index < -0.39 is 0 Å². The Morgan fingerprint density at radius 3 is 2.59 bits per heavy atom. The number of nitrogens with one attached hydrogen (secondary N) is 1. The number of para-hydroxylation sites is 1. The zero-order valence-electron chi connectivity index (χ0n) is 12.6. The maximum Gasteiger partial charge on any atom is 0.227 e. The second kappa shape index (κ2) is 8.29. The number of carbonyl (C=O) groups is 2. The van der Waals surface area contributed by atoms with Gasteiger partial charge < -0.3 is 16.0 Å². The predicted molar refractivity (Wildman–Crippen MR) is 90.4 cm³/mol. The van der Waals surface area contributed by atoms with Gasteiger partial charge in [0.25, 0.3) is 0 Å². The molecule has 1 aromatic carbocycles. The lowest BCUT2D eigenvalue weighted by Gasteiger charge is -2.31. The van der Waals surface area contributed by atoms with Crippen molar-refractivity contribution in [3.05, 3.63) is 28.7 Å². The molecule has 1 saturated heterocycles. The first kappa shape index (κ1) is 17.0. The van der Waals surface area contributed by atoms with E-state index in [9.17, 15) is 9.59 Å². The van der Waals surface area contributed by atoms with Crippen LogP contribution in [0.25, 0.3) is 0 Å². The summed E-state index contributed by atoms with van der Waals surface area (Å²) in [7, 11) is 0. The first-order chi connectivity index (χ1) is 10.6. The third-order valence-electron chi connectivity index (χ3n) is 3.94. The van der Waals surface area contributed by atoms with E-state index in [2.05, 4.69) is 21.2 Å². The number of nitrogens with zero attached hydrogens (tertiary/aromatic N) is 1. The number of halogens is 1. The summed E-state index contributed by atoms with van der Waals surface area (Å²) < 4.78 is 0.873. The van der Waals surface area contributed by atoms with Crippen molar-refractivity contribution in [2.24, 2.45) is 11.7 Å². The van der Waals surface area contributed by atoms with Crippen molar-refractivity contribution in [3.8, 4) is 0 Å². The number of carbonyl (C=O) groups excluding carboxylic acids is 2. The molecule has 0 bridgehead atoms. The molecule has 1 aliphatic heterocycles. The fourth-order valence-corrected chi connectivity index (χ4v) is 2.98. The van der Waals surface area contributed by atoms with Gasteiger partial charge in [0.05, 0.1) is 5.69 Å². The van der Waals surface area contributed by atoms with E-state index in [0.29, 0.717) is 38.9 Å². The molecular weight excluding hydrogens is 346 g/mol. The Morgan fingerprint density at radius 2 is 1.95 bits per heavy atom. The molecule has 0 radical (unpaired) electrons. The summed E-state index contributed by atoms with van der Waals surface area (Å²) in [5.74, 6) is 0.140. The summed E-state index contributed by atoms with van der Waals surface area (Å²) in [6.45, 7) is 1.84. The highest BCUT2D eigenvalue weighted by Gasteiger charge is 2.27. The molecule has 120 valence electrons. The Hall–Kier alpha value is -1.40. The van der Waals surface area contributed by atoms with E-state index in [4.69, 9.17) is 5.73 Å². The average Bonchev–Trinajstić information content (AvgIpc) is 2.55. The number of anilines is 1. The molecule has 1 aliphatic rings. The van der Waals surface area contributed by atoms with Crippen LogP contribution in [-0.4, -0.2) is 36.3 Å². The fourth-order valence-electron chi connectivity index (χ4n) is 2.60. The molecule has 0 aliphatic carbocycles. The molecule has 6 heteroatoms. The standard InChI is InChI=1S/C16H22BrN3O2/c17-13-4-1-2-5-14(13)19-16(22)12-7-10-20(11-8-12)15(21)6-3-9-18/h1-2,4-5,12H,3,6-11,18H2,(H,19,22). The summed E-state index contributed by atoms with van der Waals surface area (Å²) in [6.07, 6.45) is 2.65. The SMILES string of the molecule is NCCCC(=O)N1CCC(C(=O)Nc2ccccc2Br)CC1. The van der Waals surface area contributed by atoms with Crippen LogP contribution in [0.15, 0.2) is 28.7 Å². The lowest BCUT2D eigenvalue weighted by Crippen LogP contribution is -2.41. The Labute approximate surface area is 139 Å². The minimum Gasteiger partial charge on any atom is -0.343 e. The van der Waals surface area contributed by atoms with Gasteiger partial charge in [-0.1, -0.05) is 12.1 Å². The Kier molecular flexibility index (Phi) is 6.39.